The van der Waals surface area contributed by atoms with Crippen molar-refractivity contribution in [3.8, 4) is 34.5 Å². The van der Waals surface area contributed by atoms with Crippen molar-refractivity contribution in [3.63, 3.8) is 0 Å². The molecule has 0 aliphatic rings. The van der Waals surface area contributed by atoms with Crippen molar-refractivity contribution >= 4 is 0 Å². The lowest BCUT2D eigenvalue weighted by molar-refractivity contribution is -0.152. The first-order valence-corrected chi connectivity index (χ1v) is 13.6. The highest BCUT2D eigenvalue weighted by molar-refractivity contribution is 5.56. The number of hydrogen-bond donors (Lipinski definition) is 6. The Morgan fingerprint density at radius 2 is 1.02 bits per heavy atom. The van der Waals surface area contributed by atoms with Crippen molar-refractivity contribution in [2.75, 3.05) is 49.3 Å². The highest BCUT2D eigenvalue weighted by atomic mass is 16.5. The van der Waals surface area contributed by atoms with Crippen molar-refractivity contribution in [2.45, 2.75) is 56.7 Å². The molecule has 3 unspecified atom stereocenters. The molecule has 12 nitrogen and oxygen atoms in total. The maximum absolute atomic E-state index is 11.4. The van der Waals surface area contributed by atoms with Crippen molar-refractivity contribution in [1.82, 2.24) is 0 Å². The van der Waals surface area contributed by atoms with Crippen LogP contribution in [0.2, 0.25) is 0 Å². The van der Waals surface area contributed by atoms with Crippen LogP contribution in [0.5, 0.6) is 34.5 Å². The number of aliphatic hydroxyl groups excluding tert-OH is 6. The van der Waals surface area contributed by atoms with E-state index >= 15 is 0 Å². The van der Waals surface area contributed by atoms with Crippen LogP contribution in [0, 0.1) is 11.8 Å². The van der Waals surface area contributed by atoms with Crippen LogP contribution >= 0.6 is 0 Å². The number of benzene rings is 2. The molecule has 0 amide bonds. The van der Waals surface area contributed by atoms with Gasteiger partial charge in [0.25, 0.3) is 0 Å². The van der Waals surface area contributed by atoms with Gasteiger partial charge in [-0.2, -0.15) is 0 Å². The van der Waals surface area contributed by atoms with E-state index in [4.69, 9.17) is 28.4 Å². The molecule has 0 fully saturated rings. The normalized spacial score (nSPS) is 16.4. The SMILES string of the molecule is COc1ccc(CCC(C)C(Cc2ccc(OC)c(OC)c2OC)C(O)[C@@H](O)[C@@H](O)[C@H](O)[C@@H](O)CO)c(OC)c1OC. The Balaban J connectivity index is 2.47. The summed E-state index contributed by atoms with van der Waals surface area (Å²) in [6, 6.07) is 7.10. The highest BCUT2D eigenvalue weighted by Gasteiger charge is 2.39. The summed E-state index contributed by atoms with van der Waals surface area (Å²) in [6.07, 6.45) is -7.75. The molecule has 0 saturated carbocycles. The third-order valence-corrected chi connectivity index (χ3v) is 7.70. The van der Waals surface area contributed by atoms with Crippen LogP contribution in [0.25, 0.3) is 0 Å². The van der Waals surface area contributed by atoms with Crippen LogP contribution in [-0.2, 0) is 12.8 Å². The predicted octanol–water partition coefficient (Wildman–Crippen LogP) is 0.963. The molecule has 2 aromatic carbocycles. The quantitative estimate of drug-likeness (QED) is 0.144. The maximum atomic E-state index is 11.4. The lowest BCUT2D eigenvalue weighted by atomic mass is 9.77. The van der Waals surface area contributed by atoms with E-state index in [-0.39, 0.29) is 12.3 Å². The van der Waals surface area contributed by atoms with Gasteiger partial charge in [-0.3, -0.25) is 0 Å². The third-order valence-electron chi connectivity index (χ3n) is 7.70. The summed E-state index contributed by atoms with van der Waals surface area (Å²) in [4.78, 5) is 0. The Morgan fingerprint density at radius 3 is 1.48 bits per heavy atom. The first-order chi connectivity index (χ1) is 20.0. The fraction of sp³-hybridized carbons (Fsp3) is 0.600. The molecular weight excluding hydrogens is 552 g/mol. The van der Waals surface area contributed by atoms with Crippen molar-refractivity contribution < 1.29 is 59.1 Å². The van der Waals surface area contributed by atoms with E-state index in [1.54, 1.807) is 18.2 Å². The van der Waals surface area contributed by atoms with Crippen LogP contribution in [0.3, 0.4) is 0 Å². The van der Waals surface area contributed by atoms with Gasteiger partial charge in [0.2, 0.25) is 11.5 Å². The molecule has 0 bridgehead atoms. The van der Waals surface area contributed by atoms with Crippen molar-refractivity contribution in [1.29, 1.82) is 0 Å². The smallest absolute Gasteiger partial charge is 0.203 e. The van der Waals surface area contributed by atoms with E-state index < -0.39 is 43.0 Å². The Bertz CT molecular complexity index is 1110. The standard InChI is InChI=1S/C30H46O12/c1-16(8-9-17-10-12-21(37-2)29(41-6)27(17)39-4)19(23(33)25(35)26(36)24(34)20(32)15-31)14-18-11-13-22(38-3)30(42-7)28(18)40-5/h10-13,16,19-20,23-26,31-36H,8-9,14-15H2,1-7H3/t16?,19?,20-,23?,24+,25+,26-/m0/s1. The molecule has 0 aliphatic heterocycles. The Morgan fingerprint density at radius 1 is 0.571 bits per heavy atom. The Hall–Kier alpha value is -3.00. The lowest BCUT2D eigenvalue weighted by Crippen LogP contribution is -2.52. The van der Waals surface area contributed by atoms with E-state index in [0.29, 0.717) is 52.9 Å². The minimum Gasteiger partial charge on any atom is -0.493 e. The summed E-state index contributed by atoms with van der Waals surface area (Å²) in [5.41, 5.74) is 1.48. The van der Waals surface area contributed by atoms with Gasteiger partial charge in [0.1, 0.15) is 24.4 Å². The summed E-state index contributed by atoms with van der Waals surface area (Å²) in [6.45, 7) is 1.06. The van der Waals surface area contributed by atoms with E-state index in [1.807, 2.05) is 13.0 Å². The van der Waals surface area contributed by atoms with E-state index in [1.165, 1.54) is 42.7 Å². The van der Waals surface area contributed by atoms with Crippen LogP contribution in [0.4, 0.5) is 0 Å². The number of rotatable bonds is 18. The monoisotopic (exact) mass is 598 g/mol. The van der Waals surface area contributed by atoms with Crippen LogP contribution in [0.1, 0.15) is 24.5 Å². The van der Waals surface area contributed by atoms with Gasteiger partial charge >= 0.3 is 0 Å². The second-order valence-electron chi connectivity index (χ2n) is 10.1. The summed E-state index contributed by atoms with van der Waals surface area (Å²) >= 11 is 0. The molecule has 6 N–H and O–H groups in total. The minimum atomic E-state index is -1.94. The Kier molecular flexibility index (Phi) is 13.9. The summed E-state index contributed by atoms with van der Waals surface area (Å²) in [5.74, 6) is 1.69. The van der Waals surface area contributed by atoms with Gasteiger partial charge in [-0.1, -0.05) is 19.1 Å². The molecule has 12 heteroatoms. The number of aryl methyl sites for hydroxylation is 1. The van der Waals surface area contributed by atoms with E-state index in [9.17, 15) is 30.6 Å². The number of methoxy groups -OCH3 is 6. The average molecular weight is 599 g/mol. The summed E-state index contributed by atoms with van der Waals surface area (Å²) < 4.78 is 33.0. The minimum absolute atomic E-state index is 0.178. The molecule has 0 saturated heterocycles. The van der Waals surface area contributed by atoms with Crippen molar-refractivity contribution in [3.05, 3.63) is 35.4 Å². The number of ether oxygens (including phenoxy) is 6. The first kappa shape index (κ1) is 35.2. The predicted molar refractivity (Wildman–Crippen MR) is 154 cm³/mol. The zero-order chi connectivity index (χ0) is 31.6. The van der Waals surface area contributed by atoms with Crippen LogP contribution < -0.4 is 28.4 Å². The molecule has 42 heavy (non-hydrogen) atoms. The lowest BCUT2D eigenvalue weighted by Gasteiger charge is -2.35. The van der Waals surface area contributed by atoms with Crippen LogP contribution in [0.15, 0.2) is 24.3 Å². The molecular formula is C30H46O12. The molecule has 0 aromatic heterocycles. The molecule has 7 atom stereocenters. The second kappa shape index (κ2) is 16.6. The second-order valence-corrected chi connectivity index (χ2v) is 10.1. The zero-order valence-electron chi connectivity index (χ0n) is 25.3. The van der Waals surface area contributed by atoms with E-state index in [2.05, 4.69) is 0 Å². The first-order valence-electron chi connectivity index (χ1n) is 13.6. The van der Waals surface area contributed by atoms with Crippen molar-refractivity contribution in [2.24, 2.45) is 11.8 Å². The third kappa shape index (κ3) is 7.88. The highest BCUT2D eigenvalue weighted by Crippen LogP contribution is 2.43. The number of hydrogen-bond acceptors (Lipinski definition) is 12. The topological polar surface area (TPSA) is 177 Å². The molecule has 0 aliphatic carbocycles. The molecule has 0 spiro atoms. The number of aliphatic hydroxyl groups is 6. The van der Waals surface area contributed by atoms with Gasteiger partial charge in [-0.15, -0.1) is 0 Å². The molecule has 0 heterocycles. The zero-order valence-corrected chi connectivity index (χ0v) is 25.3. The van der Waals surface area contributed by atoms with Gasteiger partial charge in [0.05, 0.1) is 55.4 Å². The van der Waals surface area contributed by atoms with Gasteiger partial charge in [-0.05, 0) is 54.4 Å². The molecule has 2 rings (SSSR count). The van der Waals surface area contributed by atoms with Crippen LogP contribution in [-0.4, -0.2) is 110 Å². The largest absolute Gasteiger partial charge is 0.493 e. The summed E-state index contributed by atoms with van der Waals surface area (Å²) in [7, 11) is 9.03. The molecule has 0 radical (unpaired) electrons. The molecule has 2 aromatic rings. The fourth-order valence-corrected chi connectivity index (χ4v) is 5.19. The Labute approximate surface area is 247 Å². The molecule has 238 valence electrons. The average Bonchev–Trinajstić information content (AvgIpc) is 3.02. The summed E-state index contributed by atoms with van der Waals surface area (Å²) in [5, 5.41) is 62.1. The maximum Gasteiger partial charge on any atom is 0.203 e. The fourth-order valence-electron chi connectivity index (χ4n) is 5.19. The van der Waals surface area contributed by atoms with Gasteiger partial charge < -0.3 is 59.1 Å². The van der Waals surface area contributed by atoms with Gasteiger partial charge in [-0.25, -0.2) is 0 Å². The van der Waals surface area contributed by atoms with E-state index in [0.717, 1.165) is 5.56 Å². The van der Waals surface area contributed by atoms with Gasteiger partial charge in [0.15, 0.2) is 23.0 Å². The van der Waals surface area contributed by atoms with Gasteiger partial charge in [0, 0.05) is 0 Å².